The van der Waals surface area contributed by atoms with Gasteiger partial charge in [0.25, 0.3) is 11.7 Å². The van der Waals surface area contributed by atoms with E-state index in [9.17, 15) is 10.4 Å². The molecule has 2 aromatic rings. The Morgan fingerprint density at radius 3 is 2.43 bits per heavy atom. The highest BCUT2D eigenvalue weighted by Crippen LogP contribution is 2.20. The van der Waals surface area contributed by atoms with Crippen molar-refractivity contribution in [1.82, 2.24) is 0 Å². The molecule has 14 heavy (non-hydrogen) atoms. The lowest BCUT2D eigenvalue weighted by Gasteiger charge is -2.02. The smallest absolute Gasteiger partial charge is 0.297 e. The second-order valence-corrected chi connectivity index (χ2v) is 2.93. The van der Waals surface area contributed by atoms with Gasteiger partial charge in [-0.05, 0) is 6.07 Å². The van der Waals surface area contributed by atoms with Gasteiger partial charge in [0.15, 0.2) is 0 Å². The highest BCUT2D eigenvalue weighted by atomic mass is 16.6. The first-order chi connectivity index (χ1) is 6.59. The maximum Gasteiger partial charge on any atom is 0.297 e. The fourth-order valence-electron chi connectivity index (χ4n) is 1.25. The van der Waals surface area contributed by atoms with Crippen molar-refractivity contribution in [2.45, 2.75) is 0 Å². The van der Waals surface area contributed by atoms with Crippen LogP contribution in [0.2, 0.25) is 0 Å². The van der Waals surface area contributed by atoms with Gasteiger partial charge in [0.1, 0.15) is 0 Å². The standard InChI is InChI=1S/C8H8N4O2/c9-6-3-5-1-2-11(13)12(14)8(5)4-7(6)10/h1-4H,9-10H2. The minimum absolute atomic E-state index is 0.179. The van der Waals surface area contributed by atoms with Gasteiger partial charge in [-0.1, -0.05) is 0 Å². The molecule has 6 heteroatoms. The van der Waals surface area contributed by atoms with Gasteiger partial charge in [0, 0.05) is 12.1 Å². The highest BCUT2D eigenvalue weighted by molar-refractivity contribution is 5.85. The number of fused-ring (bicyclic) bond motifs is 1. The maximum atomic E-state index is 11.3. The first-order valence-electron chi connectivity index (χ1n) is 3.90. The summed E-state index contributed by atoms with van der Waals surface area (Å²) >= 11 is 0. The minimum atomic E-state index is 0.179. The normalized spacial score (nSPS) is 10.6. The van der Waals surface area contributed by atoms with E-state index in [2.05, 4.69) is 0 Å². The summed E-state index contributed by atoms with van der Waals surface area (Å²) in [6.45, 7) is 0. The fraction of sp³-hybridized carbons (Fsp3) is 0. The van der Waals surface area contributed by atoms with Crippen LogP contribution in [0.15, 0.2) is 24.4 Å². The van der Waals surface area contributed by atoms with Crippen molar-refractivity contribution in [3.63, 3.8) is 0 Å². The summed E-state index contributed by atoms with van der Waals surface area (Å²) in [5.41, 5.74) is 11.9. The largest absolute Gasteiger partial charge is 0.561 e. The predicted molar refractivity (Wildman–Crippen MR) is 50.7 cm³/mol. The van der Waals surface area contributed by atoms with E-state index in [4.69, 9.17) is 11.5 Å². The van der Waals surface area contributed by atoms with Crippen LogP contribution in [0.1, 0.15) is 0 Å². The van der Waals surface area contributed by atoms with E-state index in [1.165, 1.54) is 12.1 Å². The van der Waals surface area contributed by atoms with E-state index in [1.807, 2.05) is 0 Å². The first kappa shape index (κ1) is 8.36. The van der Waals surface area contributed by atoms with E-state index in [0.717, 1.165) is 6.20 Å². The highest BCUT2D eigenvalue weighted by Gasteiger charge is 2.12. The van der Waals surface area contributed by atoms with Crippen LogP contribution in [0.3, 0.4) is 0 Å². The van der Waals surface area contributed by atoms with Crippen LogP contribution >= 0.6 is 0 Å². The molecule has 2 rings (SSSR count). The quantitative estimate of drug-likeness (QED) is 0.326. The van der Waals surface area contributed by atoms with Crippen LogP contribution < -0.4 is 21.2 Å². The third kappa shape index (κ3) is 1.05. The van der Waals surface area contributed by atoms with Crippen molar-refractivity contribution >= 4 is 22.3 Å². The first-order valence-corrected chi connectivity index (χ1v) is 3.90. The molecule has 0 bridgehead atoms. The molecule has 1 aromatic carbocycles. The molecule has 0 aliphatic carbocycles. The lowest BCUT2D eigenvalue weighted by Crippen LogP contribution is -2.60. The van der Waals surface area contributed by atoms with Crippen molar-refractivity contribution in [3.05, 3.63) is 34.8 Å². The Morgan fingerprint density at radius 2 is 1.71 bits per heavy atom. The zero-order valence-corrected chi connectivity index (χ0v) is 7.18. The van der Waals surface area contributed by atoms with Gasteiger partial charge in [0.05, 0.1) is 26.5 Å². The van der Waals surface area contributed by atoms with Gasteiger partial charge < -0.3 is 21.9 Å². The second-order valence-electron chi connectivity index (χ2n) is 2.93. The van der Waals surface area contributed by atoms with Gasteiger partial charge in [-0.2, -0.15) is 0 Å². The molecule has 0 amide bonds. The van der Waals surface area contributed by atoms with Gasteiger partial charge in [0.2, 0.25) is 0 Å². The maximum absolute atomic E-state index is 11.3. The Bertz CT molecular complexity index is 512. The van der Waals surface area contributed by atoms with E-state index in [1.54, 1.807) is 6.07 Å². The van der Waals surface area contributed by atoms with Crippen LogP contribution in [0.5, 0.6) is 0 Å². The number of benzene rings is 1. The van der Waals surface area contributed by atoms with Crippen LogP contribution in [0.4, 0.5) is 11.4 Å². The zero-order valence-electron chi connectivity index (χ0n) is 7.18. The lowest BCUT2D eigenvalue weighted by atomic mass is 10.2. The summed E-state index contributed by atoms with van der Waals surface area (Å²) < 4.78 is 0. The molecule has 72 valence electrons. The Morgan fingerprint density at radius 1 is 1.07 bits per heavy atom. The van der Waals surface area contributed by atoms with E-state index in [0.29, 0.717) is 11.1 Å². The molecule has 0 aliphatic rings. The number of anilines is 2. The summed E-state index contributed by atoms with van der Waals surface area (Å²) in [6.07, 6.45) is 1.12. The summed E-state index contributed by atoms with van der Waals surface area (Å²) in [5.74, 6) is 0. The predicted octanol–water partition coefficient (Wildman–Crippen LogP) is -0.729. The SMILES string of the molecule is Nc1cc2cc[n+]([O-])[n+]([O-])c2cc1N. The topological polar surface area (TPSA) is 106 Å². The Balaban J connectivity index is 2.89. The number of nitrogen functional groups attached to an aromatic ring is 2. The molecule has 0 spiro atoms. The molecule has 0 saturated heterocycles. The van der Waals surface area contributed by atoms with Crippen molar-refractivity contribution in [2.24, 2.45) is 0 Å². The summed E-state index contributed by atoms with van der Waals surface area (Å²) in [5, 5.41) is 22.8. The summed E-state index contributed by atoms with van der Waals surface area (Å²) in [6, 6.07) is 4.44. The van der Waals surface area contributed by atoms with Gasteiger partial charge in [-0.3, -0.25) is 0 Å². The summed E-state index contributed by atoms with van der Waals surface area (Å²) in [7, 11) is 0. The third-order valence-corrected chi connectivity index (χ3v) is 2.00. The Kier molecular flexibility index (Phi) is 1.57. The molecule has 1 aromatic heterocycles. The number of hydrogen-bond donors (Lipinski definition) is 2. The summed E-state index contributed by atoms with van der Waals surface area (Å²) in [4.78, 5) is 0.392. The number of rotatable bonds is 0. The molecule has 1 heterocycles. The molecular formula is C8H8N4O2. The van der Waals surface area contributed by atoms with Crippen molar-refractivity contribution < 1.29 is 9.69 Å². The van der Waals surface area contributed by atoms with Gasteiger partial charge in [-0.15, -0.1) is 0 Å². The average molecular weight is 192 g/mol. The molecule has 4 N–H and O–H groups in total. The van der Waals surface area contributed by atoms with Crippen LogP contribution in [0, 0.1) is 10.4 Å². The molecule has 0 unspecified atom stereocenters. The zero-order chi connectivity index (χ0) is 10.3. The molecule has 0 atom stereocenters. The molecule has 6 nitrogen and oxygen atoms in total. The van der Waals surface area contributed by atoms with Gasteiger partial charge >= 0.3 is 0 Å². The van der Waals surface area contributed by atoms with Crippen molar-refractivity contribution in [1.29, 1.82) is 0 Å². The Hall–Kier alpha value is -2.24. The monoisotopic (exact) mass is 192 g/mol. The third-order valence-electron chi connectivity index (χ3n) is 2.00. The Labute approximate surface area is 79.1 Å². The number of hydrogen-bond acceptors (Lipinski definition) is 4. The van der Waals surface area contributed by atoms with E-state index >= 15 is 0 Å². The van der Waals surface area contributed by atoms with E-state index < -0.39 is 0 Å². The van der Waals surface area contributed by atoms with Crippen LogP contribution in [-0.2, 0) is 0 Å². The molecule has 0 fully saturated rings. The number of aromatic nitrogens is 2. The minimum Gasteiger partial charge on any atom is -0.561 e. The van der Waals surface area contributed by atoms with Crippen LogP contribution in [-0.4, -0.2) is 0 Å². The van der Waals surface area contributed by atoms with Gasteiger partial charge in [-0.25, -0.2) is 0 Å². The molecule has 0 saturated carbocycles. The number of nitrogens with two attached hydrogens (primary N) is 2. The fourth-order valence-corrected chi connectivity index (χ4v) is 1.25. The van der Waals surface area contributed by atoms with Crippen molar-refractivity contribution in [2.75, 3.05) is 11.5 Å². The average Bonchev–Trinajstić information content (AvgIpc) is 2.15. The molecule has 0 radical (unpaired) electrons. The van der Waals surface area contributed by atoms with E-state index in [-0.39, 0.29) is 20.9 Å². The number of nitrogens with zero attached hydrogens (tertiary/aromatic N) is 2. The van der Waals surface area contributed by atoms with Crippen LogP contribution in [0.25, 0.3) is 10.9 Å². The molecular weight excluding hydrogens is 184 g/mol. The second kappa shape index (κ2) is 2.63. The molecule has 0 aliphatic heterocycles. The van der Waals surface area contributed by atoms with Crippen molar-refractivity contribution in [3.8, 4) is 0 Å². The lowest BCUT2D eigenvalue weighted by molar-refractivity contribution is -1.18.